The van der Waals surface area contributed by atoms with Crippen molar-refractivity contribution in [2.45, 2.75) is 19.9 Å². The van der Waals surface area contributed by atoms with Gasteiger partial charge in [0, 0.05) is 31.0 Å². The van der Waals surface area contributed by atoms with Crippen molar-refractivity contribution >= 4 is 17.5 Å². The van der Waals surface area contributed by atoms with Gasteiger partial charge in [0.2, 0.25) is 17.7 Å². The molecule has 8 nitrogen and oxygen atoms in total. The minimum atomic E-state index is -0.0478. The van der Waals surface area contributed by atoms with Crippen LogP contribution in [0, 0.1) is 6.92 Å². The van der Waals surface area contributed by atoms with Gasteiger partial charge >= 0.3 is 0 Å². The largest absolute Gasteiger partial charge is 0.478 e. The highest BCUT2D eigenvalue weighted by Crippen LogP contribution is 2.23. The van der Waals surface area contributed by atoms with E-state index in [0.717, 1.165) is 11.4 Å². The summed E-state index contributed by atoms with van der Waals surface area (Å²) in [7, 11) is 0. The number of rotatable bonds is 6. The first-order chi connectivity index (χ1) is 11.6. The smallest absolute Gasteiger partial charge is 0.246 e. The van der Waals surface area contributed by atoms with Gasteiger partial charge in [-0.25, -0.2) is 4.98 Å². The predicted octanol–water partition coefficient (Wildman–Crippen LogP) is 1.69. The number of ether oxygens (including phenoxy) is 1. The summed E-state index contributed by atoms with van der Waals surface area (Å²) in [5.41, 5.74) is 1.61. The fourth-order valence-electron chi connectivity index (χ4n) is 2.48. The molecule has 2 aromatic heterocycles. The standard InChI is InChI=1S/C16H20N6O2/c1-4-15(23)21-9-13(10-21)22-8-12(7-17-22)19-16-18-11(3)6-14(20-16)24-5-2/h4,6-8,13H,1,5,9-10H2,2-3H3,(H,18,19,20). The molecule has 3 heterocycles. The molecule has 2 aromatic rings. The van der Waals surface area contributed by atoms with Gasteiger partial charge in [-0.1, -0.05) is 6.58 Å². The monoisotopic (exact) mass is 328 g/mol. The molecule has 0 atom stereocenters. The molecule has 0 unspecified atom stereocenters. The first-order valence-electron chi connectivity index (χ1n) is 7.80. The molecule has 1 fully saturated rings. The van der Waals surface area contributed by atoms with Crippen LogP contribution in [0.5, 0.6) is 5.88 Å². The number of carbonyl (C=O) groups excluding carboxylic acids is 1. The number of carbonyl (C=O) groups is 1. The van der Waals surface area contributed by atoms with Gasteiger partial charge in [-0.2, -0.15) is 10.1 Å². The van der Waals surface area contributed by atoms with Crippen molar-refractivity contribution in [1.29, 1.82) is 0 Å². The topological polar surface area (TPSA) is 85.2 Å². The lowest BCUT2D eigenvalue weighted by Crippen LogP contribution is -2.50. The first kappa shape index (κ1) is 16.0. The van der Waals surface area contributed by atoms with Crippen LogP contribution < -0.4 is 10.1 Å². The van der Waals surface area contributed by atoms with Crippen LogP contribution in [0.15, 0.2) is 31.1 Å². The summed E-state index contributed by atoms with van der Waals surface area (Å²) in [5, 5.41) is 7.47. The quantitative estimate of drug-likeness (QED) is 0.812. The molecular formula is C16H20N6O2. The number of nitrogens with one attached hydrogen (secondary N) is 1. The van der Waals surface area contributed by atoms with Gasteiger partial charge in [0.05, 0.1) is 24.5 Å². The summed E-state index contributed by atoms with van der Waals surface area (Å²) in [5.74, 6) is 0.959. The molecule has 8 heteroatoms. The van der Waals surface area contributed by atoms with E-state index in [1.54, 1.807) is 17.2 Å². The van der Waals surface area contributed by atoms with E-state index in [0.29, 0.717) is 31.5 Å². The number of nitrogens with zero attached hydrogens (tertiary/aromatic N) is 5. The molecule has 1 amide bonds. The van der Waals surface area contributed by atoms with Crippen molar-refractivity contribution in [3.8, 4) is 5.88 Å². The maximum absolute atomic E-state index is 11.5. The Morgan fingerprint density at radius 3 is 3.00 bits per heavy atom. The minimum absolute atomic E-state index is 0.0478. The lowest BCUT2D eigenvalue weighted by Gasteiger charge is -2.38. The summed E-state index contributed by atoms with van der Waals surface area (Å²) < 4.78 is 7.26. The third-order valence-corrected chi connectivity index (χ3v) is 3.70. The Labute approximate surface area is 140 Å². The number of aromatic nitrogens is 4. The number of anilines is 2. The number of hydrogen-bond donors (Lipinski definition) is 1. The average Bonchev–Trinajstić information content (AvgIpc) is 2.93. The van der Waals surface area contributed by atoms with Crippen molar-refractivity contribution in [3.05, 3.63) is 36.8 Å². The van der Waals surface area contributed by atoms with Gasteiger partial charge in [0.25, 0.3) is 0 Å². The third-order valence-electron chi connectivity index (χ3n) is 3.70. The highest BCUT2D eigenvalue weighted by molar-refractivity contribution is 5.87. The molecule has 0 spiro atoms. The van der Waals surface area contributed by atoms with Crippen LogP contribution in [0.1, 0.15) is 18.7 Å². The molecule has 1 aliphatic rings. The Morgan fingerprint density at radius 2 is 2.29 bits per heavy atom. The van der Waals surface area contributed by atoms with Crippen molar-refractivity contribution in [3.63, 3.8) is 0 Å². The number of likely N-dealkylation sites (tertiary alicyclic amines) is 1. The molecule has 0 aliphatic carbocycles. The van der Waals surface area contributed by atoms with Gasteiger partial charge in [0.15, 0.2) is 0 Å². The molecule has 0 aromatic carbocycles. The van der Waals surface area contributed by atoms with Gasteiger partial charge in [-0.05, 0) is 19.9 Å². The van der Waals surface area contributed by atoms with Crippen molar-refractivity contribution in [2.75, 3.05) is 25.0 Å². The van der Waals surface area contributed by atoms with Crippen LogP contribution >= 0.6 is 0 Å². The summed E-state index contributed by atoms with van der Waals surface area (Å²) >= 11 is 0. The predicted molar refractivity (Wildman–Crippen MR) is 89.3 cm³/mol. The Morgan fingerprint density at radius 1 is 1.50 bits per heavy atom. The van der Waals surface area contributed by atoms with E-state index in [-0.39, 0.29) is 11.9 Å². The highest BCUT2D eigenvalue weighted by atomic mass is 16.5. The minimum Gasteiger partial charge on any atom is -0.478 e. The van der Waals surface area contributed by atoms with Crippen LogP contribution in [0.2, 0.25) is 0 Å². The van der Waals surface area contributed by atoms with Gasteiger partial charge in [0.1, 0.15) is 0 Å². The lowest BCUT2D eigenvalue weighted by atomic mass is 10.1. The fourth-order valence-corrected chi connectivity index (χ4v) is 2.48. The third kappa shape index (κ3) is 3.37. The zero-order valence-electron chi connectivity index (χ0n) is 13.8. The van der Waals surface area contributed by atoms with Crippen molar-refractivity contribution in [2.24, 2.45) is 0 Å². The van der Waals surface area contributed by atoms with E-state index in [1.165, 1.54) is 6.08 Å². The zero-order valence-corrected chi connectivity index (χ0v) is 13.8. The van der Waals surface area contributed by atoms with Crippen LogP contribution in [0.25, 0.3) is 0 Å². The molecule has 126 valence electrons. The second-order valence-corrected chi connectivity index (χ2v) is 5.54. The van der Waals surface area contributed by atoms with Crippen molar-refractivity contribution < 1.29 is 9.53 Å². The maximum Gasteiger partial charge on any atom is 0.246 e. The molecule has 0 saturated carbocycles. The van der Waals surface area contributed by atoms with Gasteiger partial charge < -0.3 is 15.0 Å². The molecule has 0 radical (unpaired) electrons. The van der Waals surface area contributed by atoms with E-state index in [9.17, 15) is 4.79 Å². The molecule has 1 N–H and O–H groups in total. The van der Waals surface area contributed by atoms with E-state index < -0.39 is 0 Å². The summed E-state index contributed by atoms with van der Waals surface area (Å²) in [6.07, 6.45) is 4.92. The van der Waals surface area contributed by atoms with Crippen LogP contribution in [-0.4, -0.2) is 50.3 Å². The number of hydrogen-bond acceptors (Lipinski definition) is 6. The van der Waals surface area contributed by atoms with Crippen molar-refractivity contribution in [1.82, 2.24) is 24.6 Å². The number of aryl methyl sites for hydroxylation is 1. The normalized spacial score (nSPS) is 14.2. The molecular weight excluding hydrogens is 308 g/mol. The molecule has 3 rings (SSSR count). The van der Waals surface area contributed by atoms with E-state index in [1.807, 2.05) is 24.7 Å². The first-order valence-corrected chi connectivity index (χ1v) is 7.80. The van der Waals surface area contributed by atoms with Crippen LogP contribution in [-0.2, 0) is 4.79 Å². The maximum atomic E-state index is 11.5. The zero-order chi connectivity index (χ0) is 17.1. The van der Waals surface area contributed by atoms with Gasteiger partial charge in [-0.3, -0.25) is 9.48 Å². The summed E-state index contributed by atoms with van der Waals surface area (Å²) in [4.78, 5) is 21.8. The second kappa shape index (κ2) is 6.69. The Hall–Kier alpha value is -2.90. The average molecular weight is 328 g/mol. The molecule has 24 heavy (non-hydrogen) atoms. The SMILES string of the molecule is C=CC(=O)N1CC(n2cc(Nc3nc(C)cc(OCC)n3)cn2)C1. The Balaban J connectivity index is 1.65. The lowest BCUT2D eigenvalue weighted by molar-refractivity contribution is -0.131. The van der Waals surface area contributed by atoms with Gasteiger partial charge in [-0.15, -0.1) is 0 Å². The van der Waals surface area contributed by atoms with E-state index in [4.69, 9.17) is 4.74 Å². The second-order valence-electron chi connectivity index (χ2n) is 5.54. The molecule has 0 bridgehead atoms. The van der Waals surface area contributed by atoms with Crippen LogP contribution in [0.3, 0.4) is 0 Å². The Kier molecular flexibility index (Phi) is 4.45. The summed E-state index contributed by atoms with van der Waals surface area (Å²) in [6, 6.07) is 1.97. The summed E-state index contributed by atoms with van der Waals surface area (Å²) in [6.45, 7) is 9.12. The highest BCUT2D eigenvalue weighted by Gasteiger charge is 2.31. The molecule has 1 saturated heterocycles. The van der Waals surface area contributed by atoms with Crippen LogP contribution in [0.4, 0.5) is 11.6 Å². The Bertz CT molecular complexity index is 751. The van der Waals surface area contributed by atoms with E-state index >= 15 is 0 Å². The van der Waals surface area contributed by atoms with E-state index in [2.05, 4.69) is 27.0 Å². The molecule has 1 aliphatic heterocycles. The fraction of sp³-hybridized carbons (Fsp3) is 0.375. The number of amides is 1.